The number of ether oxygens (including phenoxy) is 4. The third-order valence-corrected chi connectivity index (χ3v) is 6.35. The molecule has 14 heteroatoms. The third-order valence-electron chi connectivity index (χ3n) is 6.35. The Bertz CT molecular complexity index is 817. The van der Waals surface area contributed by atoms with Gasteiger partial charge in [0.05, 0.1) is 19.8 Å². The van der Waals surface area contributed by atoms with Crippen LogP contribution < -0.4 is 16.0 Å². The fraction of sp³-hybridized carbons (Fsp3) is 0.885. The van der Waals surface area contributed by atoms with Gasteiger partial charge in [0.2, 0.25) is 0 Å². The molecule has 0 aromatic carbocycles. The van der Waals surface area contributed by atoms with Crippen LogP contribution in [-0.2, 0) is 23.7 Å². The highest BCUT2D eigenvalue weighted by Gasteiger charge is 2.41. The lowest BCUT2D eigenvalue weighted by Gasteiger charge is -2.47. The first kappa shape index (κ1) is 35.8. The van der Waals surface area contributed by atoms with Gasteiger partial charge in [-0.15, -0.1) is 0 Å². The van der Waals surface area contributed by atoms with Gasteiger partial charge in [0.25, 0.3) is 5.92 Å². The summed E-state index contributed by atoms with van der Waals surface area (Å²) in [5, 5.41) is 7.99. The highest BCUT2D eigenvalue weighted by molar-refractivity contribution is 5.81. The number of carbonyl (C=O) groups excluding carboxylic acids is 3. The number of hydrogen-bond donors (Lipinski definition) is 3. The van der Waals surface area contributed by atoms with Crippen molar-refractivity contribution in [3.8, 4) is 0 Å². The van der Waals surface area contributed by atoms with Crippen LogP contribution in [0.3, 0.4) is 0 Å². The molecule has 234 valence electrons. The van der Waals surface area contributed by atoms with Crippen LogP contribution in [0.2, 0.25) is 0 Å². The molecule has 0 aromatic rings. The van der Waals surface area contributed by atoms with E-state index in [9.17, 15) is 31.9 Å². The van der Waals surface area contributed by atoms with E-state index in [1.807, 2.05) is 12.2 Å². The van der Waals surface area contributed by atoms with Crippen LogP contribution >= 0.6 is 0 Å². The maximum atomic E-state index is 13.8. The molecule has 1 rings (SSSR count). The summed E-state index contributed by atoms with van der Waals surface area (Å²) in [4.78, 5) is 35.1. The standard InChI is InChI=1S/C26H45F4N3O7/c1-6-7-9-38-22(36)33-16-24(4)12-19(11-23(2,3)15-24)32-13-20(34)14-37-18-26(29,30)40-10-8-25(27,28)17-39-21(35)31-5/h19,32H,6-18H2,1-5H3,(H,31,35)(H,33,36). The van der Waals surface area contributed by atoms with Gasteiger partial charge in [0.15, 0.2) is 12.4 Å². The first-order chi connectivity index (χ1) is 18.5. The minimum atomic E-state index is -3.88. The zero-order valence-electron chi connectivity index (χ0n) is 24.1. The number of alkyl carbamates (subject to hydrolysis) is 2. The maximum absolute atomic E-state index is 13.8. The zero-order chi connectivity index (χ0) is 30.5. The molecule has 1 saturated carbocycles. The summed E-state index contributed by atoms with van der Waals surface area (Å²) >= 11 is 0. The van der Waals surface area contributed by atoms with Gasteiger partial charge in [-0.05, 0) is 36.5 Å². The Morgan fingerprint density at radius 2 is 1.68 bits per heavy atom. The predicted octanol–water partition coefficient (Wildman–Crippen LogP) is 4.26. The molecule has 2 atom stereocenters. The monoisotopic (exact) mass is 587 g/mol. The maximum Gasteiger partial charge on any atom is 0.407 e. The largest absolute Gasteiger partial charge is 0.450 e. The zero-order valence-corrected chi connectivity index (χ0v) is 24.1. The molecule has 0 radical (unpaired) electrons. The molecule has 0 saturated heterocycles. The van der Waals surface area contributed by atoms with Gasteiger partial charge >= 0.3 is 18.3 Å². The summed E-state index contributed by atoms with van der Waals surface area (Å²) in [7, 11) is 1.19. The lowest BCUT2D eigenvalue weighted by atomic mass is 9.62. The molecule has 1 aliphatic rings. The van der Waals surface area contributed by atoms with E-state index in [0.717, 1.165) is 25.7 Å². The molecule has 10 nitrogen and oxygen atoms in total. The molecular weight excluding hydrogens is 542 g/mol. The molecule has 3 N–H and O–H groups in total. The van der Waals surface area contributed by atoms with E-state index < -0.39 is 62.8 Å². The van der Waals surface area contributed by atoms with Crippen molar-refractivity contribution in [3.05, 3.63) is 0 Å². The van der Waals surface area contributed by atoms with Crippen molar-refractivity contribution in [3.63, 3.8) is 0 Å². The Morgan fingerprint density at radius 1 is 0.975 bits per heavy atom. The van der Waals surface area contributed by atoms with Crippen molar-refractivity contribution in [2.24, 2.45) is 10.8 Å². The van der Waals surface area contributed by atoms with Crippen molar-refractivity contribution >= 4 is 18.0 Å². The van der Waals surface area contributed by atoms with E-state index in [1.54, 1.807) is 0 Å². The van der Waals surface area contributed by atoms with Gasteiger partial charge in [-0.1, -0.05) is 34.1 Å². The van der Waals surface area contributed by atoms with Crippen LogP contribution in [0, 0.1) is 10.8 Å². The van der Waals surface area contributed by atoms with E-state index in [2.05, 4.69) is 40.9 Å². The average Bonchev–Trinajstić information content (AvgIpc) is 2.83. The Hall–Kier alpha value is -2.19. The topological polar surface area (TPSA) is 124 Å². The first-order valence-corrected chi connectivity index (χ1v) is 13.5. The summed E-state index contributed by atoms with van der Waals surface area (Å²) < 4.78 is 73.2. The molecule has 0 aliphatic heterocycles. The Labute approximate surface area is 233 Å². The quantitative estimate of drug-likeness (QED) is 0.161. The van der Waals surface area contributed by atoms with Gasteiger partial charge < -0.3 is 34.9 Å². The fourth-order valence-electron chi connectivity index (χ4n) is 4.86. The van der Waals surface area contributed by atoms with Crippen LogP contribution in [-0.4, -0.2) is 89.2 Å². The number of ketones is 1. The number of nitrogens with one attached hydrogen (secondary N) is 3. The fourth-order valence-corrected chi connectivity index (χ4v) is 4.86. The van der Waals surface area contributed by atoms with Gasteiger partial charge in [-0.2, -0.15) is 8.78 Å². The SMILES string of the molecule is CCCCOC(=O)NCC1(C)CC(NCC(=O)COCC(F)(F)OCCC(F)(F)COC(=O)NC)CC(C)(C)C1. The number of alkyl halides is 4. The van der Waals surface area contributed by atoms with Crippen LogP contribution in [0.15, 0.2) is 0 Å². The second-order valence-corrected chi connectivity index (χ2v) is 11.4. The number of carbonyl (C=O) groups is 3. The Morgan fingerprint density at radius 3 is 2.33 bits per heavy atom. The molecule has 1 fully saturated rings. The highest BCUT2D eigenvalue weighted by atomic mass is 19.3. The Kier molecular flexibility index (Phi) is 14.6. The van der Waals surface area contributed by atoms with E-state index in [1.165, 1.54) is 7.05 Å². The minimum absolute atomic E-state index is 0.0468. The van der Waals surface area contributed by atoms with Crippen LogP contribution in [0.1, 0.15) is 66.2 Å². The number of hydrogen-bond acceptors (Lipinski definition) is 8. The molecule has 0 spiro atoms. The molecule has 1 aliphatic carbocycles. The molecule has 2 amide bonds. The smallest absolute Gasteiger partial charge is 0.407 e. The molecule has 0 bridgehead atoms. The first-order valence-electron chi connectivity index (χ1n) is 13.5. The predicted molar refractivity (Wildman–Crippen MR) is 138 cm³/mol. The second-order valence-electron chi connectivity index (χ2n) is 11.4. The summed E-state index contributed by atoms with van der Waals surface area (Å²) in [5.41, 5.74) is -0.309. The summed E-state index contributed by atoms with van der Waals surface area (Å²) in [6, 6.07) is -0.0468. The van der Waals surface area contributed by atoms with Crippen molar-refractivity contribution in [1.29, 1.82) is 0 Å². The van der Waals surface area contributed by atoms with Gasteiger partial charge in [0.1, 0.15) is 13.2 Å². The van der Waals surface area contributed by atoms with E-state index in [4.69, 9.17) is 9.47 Å². The van der Waals surface area contributed by atoms with E-state index in [-0.39, 0.29) is 23.4 Å². The lowest BCUT2D eigenvalue weighted by Crippen LogP contribution is -2.50. The number of rotatable bonds is 18. The molecule has 0 aromatic heterocycles. The van der Waals surface area contributed by atoms with Gasteiger partial charge in [-0.3, -0.25) is 4.79 Å². The van der Waals surface area contributed by atoms with Gasteiger partial charge in [-0.25, -0.2) is 18.4 Å². The molecule has 0 heterocycles. The molecule has 40 heavy (non-hydrogen) atoms. The number of Topliss-reactive ketones (excluding diaryl/α,β-unsaturated/α-hetero) is 1. The van der Waals surface area contributed by atoms with Crippen molar-refractivity contribution in [2.75, 3.05) is 53.2 Å². The number of amides is 2. The molecule has 2 unspecified atom stereocenters. The summed E-state index contributed by atoms with van der Waals surface area (Å²) in [6.07, 6.45) is -2.48. The minimum Gasteiger partial charge on any atom is -0.450 e. The van der Waals surface area contributed by atoms with Crippen LogP contribution in [0.5, 0.6) is 0 Å². The van der Waals surface area contributed by atoms with Crippen LogP contribution in [0.25, 0.3) is 0 Å². The molecular formula is C26H45F4N3O7. The number of unbranched alkanes of at least 4 members (excludes halogenated alkanes) is 1. The highest BCUT2D eigenvalue weighted by Crippen LogP contribution is 2.45. The third kappa shape index (κ3) is 15.6. The second kappa shape index (κ2) is 16.3. The Balaban J connectivity index is 2.40. The summed E-state index contributed by atoms with van der Waals surface area (Å²) in [6.45, 7) is 4.77. The number of halogens is 4. The van der Waals surface area contributed by atoms with Crippen LogP contribution in [0.4, 0.5) is 27.2 Å². The van der Waals surface area contributed by atoms with E-state index >= 15 is 0 Å². The van der Waals surface area contributed by atoms with Gasteiger partial charge in [0, 0.05) is 26.1 Å². The van der Waals surface area contributed by atoms with Crippen molar-refractivity contribution in [1.82, 2.24) is 16.0 Å². The van der Waals surface area contributed by atoms with E-state index in [0.29, 0.717) is 19.6 Å². The summed E-state index contributed by atoms with van der Waals surface area (Å²) in [5.74, 6) is -4.01. The average molecular weight is 588 g/mol. The van der Waals surface area contributed by atoms with Crippen molar-refractivity contribution < 1.29 is 50.9 Å². The van der Waals surface area contributed by atoms with Crippen molar-refractivity contribution in [2.45, 2.75) is 84.3 Å². The lowest BCUT2D eigenvalue weighted by molar-refractivity contribution is -0.268. The normalized spacial score (nSPS) is 21.0.